The smallest absolute Gasteiger partial charge is 0.224 e. The van der Waals surface area contributed by atoms with E-state index in [1.54, 1.807) is 24.4 Å². The zero-order valence-corrected chi connectivity index (χ0v) is 17.0. The number of hydrogen-bond acceptors (Lipinski definition) is 6. The number of fused-ring (bicyclic) bond motifs is 4. The number of sulfone groups is 1. The number of aromatic nitrogens is 3. The lowest BCUT2D eigenvalue weighted by atomic mass is 10.1. The van der Waals surface area contributed by atoms with Crippen LogP contribution in [0.15, 0.2) is 47.5 Å². The van der Waals surface area contributed by atoms with Crippen LogP contribution in [0.25, 0.3) is 21.8 Å². The van der Waals surface area contributed by atoms with Gasteiger partial charge >= 0.3 is 0 Å². The number of carbonyl (C=O) groups excluding carboxylic acids is 1. The summed E-state index contributed by atoms with van der Waals surface area (Å²) in [5.41, 5.74) is 4.03. The van der Waals surface area contributed by atoms with Gasteiger partial charge in [0.25, 0.3) is 0 Å². The Kier molecular flexibility index (Phi) is 4.21. The van der Waals surface area contributed by atoms with E-state index in [-0.39, 0.29) is 10.8 Å². The van der Waals surface area contributed by atoms with Crippen LogP contribution in [0.5, 0.6) is 0 Å². The third kappa shape index (κ3) is 3.26. The molecule has 0 bridgehead atoms. The first-order valence-electron chi connectivity index (χ1n) is 9.55. The topological polar surface area (TPSA) is 117 Å². The summed E-state index contributed by atoms with van der Waals surface area (Å²) >= 11 is 0. The van der Waals surface area contributed by atoms with Gasteiger partial charge in [0.1, 0.15) is 5.52 Å². The van der Waals surface area contributed by atoms with Gasteiger partial charge in [0.15, 0.2) is 15.7 Å². The Morgan fingerprint density at radius 2 is 1.93 bits per heavy atom. The Morgan fingerprint density at radius 3 is 2.77 bits per heavy atom. The normalized spacial score (nSPS) is 14.4. The van der Waals surface area contributed by atoms with Crippen LogP contribution in [0.1, 0.15) is 18.4 Å². The van der Waals surface area contributed by atoms with E-state index >= 15 is 0 Å². The predicted octanol–water partition coefficient (Wildman–Crippen LogP) is 3.53. The molecule has 5 rings (SSSR count). The van der Waals surface area contributed by atoms with E-state index in [0.29, 0.717) is 28.7 Å². The van der Waals surface area contributed by atoms with Gasteiger partial charge in [-0.3, -0.25) is 9.89 Å². The number of pyridine rings is 1. The third-order valence-electron chi connectivity index (χ3n) is 5.29. The highest BCUT2D eigenvalue weighted by molar-refractivity contribution is 7.90. The Bertz CT molecular complexity index is 1430. The van der Waals surface area contributed by atoms with Crippen LogP contribution in [0.3, 0.4) is 0 Å². The second kappa shape index (κ2) is 6.81. The van der Waals surface area contributed by atoms with Gasteiger partial charge in [-0.25, -0.2) is 13.4 Å². The monoisotopic (exact) mass is 421 g/mol. The van der Waals surface area contributed by atoms with Crippen molar-refractivity contribution in [2.24, 2.45) is 0 Å². The van der Waals surface area contributed by atoms with Gasteiger partial charge in [-0.1, -0.05) is 6.07 Å². The van der Waals surface area contributed by atoms with Gasteiger partial charge in [0.2, 0.25) is 5.91 Å². The van der Waals surface area contributed by atoms with E-state index in [1.807, 2.05) is 18.2 Å². The molecule has 30 heavy (non-hydrogen) atoms. The molecule has 0 saturated carbocycles. The minimum atomic E-state index is -3.33. The zero-order valence-electron chi connectivity index (χ0n) is 16.2. The summed E-state index contributed by atoms with van der Waals surface area (Å²) in [6.45, 7) is 0. The van der Waals surface area contributed by atoms with Crippen molar-refractivity contribution in [1.82, 2.24) is 15.2 Å². The molecule has 152 valence electrons. The maximum Gasteiger partial charge on any atom is 0.224 e. The quantitative estimate of drug-likeness (QED) is 0.466. The molecule has 9 heteroatoms. The van der Waals surface area contributed by atoms with Crippen molar-refractivity contribution in [2.75, 3.05) is 16.9 Å². The Labute approximate surface area is 172 Å². The molecule has 0 spiro atoms. The molecular weight excluding hydrogens is 402 g/mol. The molecule has 8 nitrogen and oxygen atoms in total. The molecule has 0 saturated heterocycles. The molecular formula is C21H19N5O3S. The number of rotatable bonds is 3. The first-order chi connectivity index (χ1) is 14.4. The van der Waals surface area contributed by atoms with Crippen molar-refractivity contribution in [3.05, 3.63) is 48.2 Å². The maximum atomic E-state index is 11.9. The molecule has 0 unspecified atom stereocenters. The number of amides is 1. The molecule has 0 radical (unpaired) electrons. The van der Waals surface area contributed by atoms with E-state index in [9.17, 15) is 13.2 Å². The van der Waals surface area contributed by atoms with Crippen LogP contribution in [0, 0.1) is 0 Å². The fourth-order valence-corrected chi connectivity index (χ4v) is 4.42. The molecule has 3 N–H and O–H groups in total. The second-order valence-corrected chi connectivity index (χ2v) is 9.48. The van der Waals surface area contributed by atoms with Crippen LogP contribution in [0.4, 0.5) is 17.2 Å². The first-order valence-corrected chi connectivity index (χ1v) is 11.4. The van der Waals surface area contributed by atoms with Crippen molar-refractivity contribution in [3.63, 3.8) is 0 Å². The first kappa shape index (κ1) is 18.6. The van der Waals surface area contributed by atoms with Gasteiger partial charge < -0.3 is 10.6 Å². The number of nitrogens with zero attached hydrogens (tertiary/aromatic N) is 2. The Hall–Kier alpha value is -3.46. The number of carbonyl (C=O) groups is 1. The minimum absolute atomic E-state index is 0.0207. The SMILES string of the molecule is CS(=O)(=O)c1ccc2nc(Nc3ccc4c(c3)NC(=O)CCC4)c3[nH]ncc3c2c1. The molecule has 0 aliphatic carbocycles. The summed E-state index contributed by atoms with van der Waals surface area (Å²) in [6.07, 6.45) is 5.06. The fourth-order valence-electron chi connectivity index (χ4n) is 3.77. The molecule has 2 aromatic heterocycles. The van der Waals surface area contributed by atoms with Crippen molar-refractivity contribution >= 4 is 54.7 Å². The number of nitrogens with one attached hydrogen (secondary N) is 3. The van der Waals surface area contributed by atoms with E-state index in [2.05, 4.69) is 25.8 Å². The van der Waals surface area contributed by atoms with E-state index in [0.717, 1.165) is 35.2 Å². The van der Waals surface area contributed by atoms with Crippen LogP contribution >= 0.6 is 0 Å². The Balaban J connectivity index is 1.60. The lowest BCUT2D eigenvalue weighted by Crippen LogP contribution is -2.09. The summed E-state index contributed by atoms with van der Waals surface area (Å²) in [7, 11) is -3.33. The van der Waals surface area contributed by atoms with E-state index in [4.69, 9.17) is 0 Å². The summed E-state index contributed by atoms with van der Waals surface area (Å²) in [4.78, 5) is 16.8. The number of benzene rings is 2. The standard InChI is InChI=1S/C21H19N5O3S/c1-30(28,29)14-7-8-17-15(10-14)16-11-22-26-20(16)21(25-17)23-13-6-5-12-3-2-4-19(27)24-18(12)9-13/h5-11H,2-4H2,1H3,(H,22,26)(H,23,25)(H,24,27). The fraction of sp³-hybridized carbons (Fsp3) is 0.190. The number of aromatic amines is 1. The molecule has 1 amide bonds. The molecule has 0 atom stereocenters. The Morgan fingerprint density at radius 1 is 1.07 bits per heavy atom. The highest BCUT2D eigenvalue weighted by Crippen LogP contribution is 2.32. The van der Waals surface area contributed by atoms with Crippen LogP contribution in [0.2, 0.25) is 0 Å². The number of H-pyrrole nitrogens is 1. The third-order valence-corrected chi connectivity index (χ3v) is 6.40. The van der Waals surface area contributed by atoms with Gasteiger partial charge in [-0.15, -0.1) is 0 Å². The lowest BCUT2D eigenvalue weighted by molar-refractivity contribution is -0.116. The van der Waals surface area contributed by atoms with Crippen molar-refractivity contribution in [2.45, 2.75) is 24.2 Å². The summed E-state index contributed by atoms with van der Waals surface area (Å²) in [5, 5.41) is 14.8. The molecule has 3 heterocycles. The van der Waals surface area contributed by atoms with Crippen LogP contribution in [-0.4, -0.2) is 35.8 Å². The predicted molar refractivity (Wildman–Crippen MR) is 116 cm³/mol. The number of aryl methyl sites for hydroxylation is 1. The molecule has 4 aromatic rings. The van der Waals surface area contributed by atoms with Gasteiger partial charge in [0, 0.05) is 34.8 Å². The van der Waals surface area contributed by atoms with E-state index < -0.39 is 9.84 Å². The van der Waals surface area contributed by atoms with E-state index in [1.165, 1.54) is 6.26 Å². The lowest BCUT2D eigenvalue weighted by Gasteiger charge is -2.12. The largest absolute Gasteiger partial charge is 0.338 e. The van der Waals surface area contributed by atoms with Gasteiger partial charge in [0.05, 0.1) is 16.6 Å². The molecule has 2 aromatic carbocycles. The highest BCUT2D eigenvalue weighted by Gasteiger charge is 2.16. The summed E-state index contributed by atoms with van der Waals surface area (Å²) in [5.74, 6) is 0.592. The van der Waals surface area contributed by atoms with Crippen LogP contribution in [-0.2, 0) is 21.1 Å². The van der Waals surface area contributed by atoms with Gasteiger partial charge in [-0.2, -0.15) is 5.10 Å². The zero-order chi connectivity index (χ0) is 20.9. The molecule has 1 aliphatic heterocycles. The van der Waals surface area contributed by atoms with Crippen LogP contribution < -0.4 is 10.6 Å². The molecule has 1 aliphatic rings. The summed E-state index contributed by atoms with van der Waals surface area (Å²) < 4.78 is 23.9. The van der Waals surface area contributed by atoms with Gasteiger partial charge in [-0.05, 0) is 48.7 Å². The summed E-state index contributed by atoms with van der Waals surface area (Å²) in [6, 6.07) is 10.7. The van der Waals surface area contributed by atoms with Crippen molar-refractivity contribution in [3.8, 4) is 0 Å². The molecule has 0 fully saturated rings. The minimum Gasteiger partial charge on any atom is -0.338 e. The average molecular weight is 421 g/mol. The maximum absolute atomic E-state index is 11.9. The highest BCUT2D eigenvalue weighted by atomic mass is 32.2. The average Bonchev–Trinajstić information content (AvgIpc) is 3.11. The van der Waals surface area contributed by atoms with Crippen molar-refractivity contribution < 1.29 is 13.2 Å². The van der Waals surface area contributed by atoms with Crippen molar-refractivity contribution in [1.29, 1.82) is 0 Å². The second-order valence-electron chi connectivity index (χ2n) is 7.47. The number of hydrogen-bond donors (Lipinski definition) is 3. The number of anilines is 3.